The van der Waals surface area contributed by atoms with Crippen molar-refractivity contribution in [2.24, 2.45) is 0 Å². The first-order valence-electron chi connectivity index (χ1n) is 10.2. The molecule has 1 saturated heterocycles. The molecule has 3 rings (SSSR count). The molecule has 0 bridgehead atoms. The van der Waals surface area contributed by atoms with Gasteiger partial charge in [-0.2, -0.15) is 0 Å². The number of thioether (sulfide) groups is 1. The predicted molar refractivity (Wildman–Crippen MR) is 117 cm³/mol. The summed E-state index contributed by atoms with van der Waals surface area (Å²) in [7, 11) is 0. The third-order valence-corrected chi connectivity index (χ3v) is 6.44. The summed E-state index contributed by atoms with van der Waals surface area (Å²) in [6.45, 7) is 7.70. The predicted octanol–water partition coefficient (Wildman–Crippen LogP) is 4.82. The van der Waals surface area contributed by atoms with Crippen LogP contribution in [0, 0.1) is 0 Å². The molecule has 1 N–H and O–H groups in total. The van der Waals surface area contributed by atoms with Crippen LogP contribution in [-0.4, -0.2) is 48.5 Å². The molecule has 146 valence electrons. The van der Waals surface area contributed by atoms with E-state index in [-0.39, 0.29) is 6.10 Å². The maximum absolute atomic E-state index is 10.3. The van der Waals surface area contributed by atoms with Crippen molar-refractivity contribution < 1.29 is 5.11 Å². The molecule has 0 saturated carbocycles. The van der Waals surface area contributed by atoms with Crippen LogP contribution in [-0.2, 0) is 0 Å². The average Bonchev–Trinajstić information content (AvgIpc) is 2.73. The number of aliphatic hydroxyl groups is 1. The Labute approximate surface area is 168 Å². The normalized spacial score (nSPS) is 16.4. The van der Waals surface area contributed by atoms with Gasteiger partial charge in [0.15, 0.2) is 0 Å². The number of hydrogen-bond donors (Lipinski definition) is 1. The lowest BCUT2D eigenvalue weighted by Gasteiger charge is -2.37. The highest BCUT2D eigenvalue weighted by atomic mass is 32.2. The minimum atomic E-state index is -0.338. The van der Waals surface area contributed by atoms with E-state index in [4.69, 9.17) is 0 Å². The smallest absolute Gasteiger partial charge is 0.0790 e. The summed E-state index contributed by atoms with van der Waals surface area (Å²) >= 11 is 1.97. The first kappa shape index (κ1) is 20.2. The average molecular weight is 385 g/mol. The van der Waals surface area contributed by atoms with Crippen molar-refractivity contribution in [3.05, 3.63) is 60.2 Å². The Balaban J connectivity index is 1.43. The van der Waals surface area contributed by atoms with Crippen molar-refractivity contribution in [3.63, 3.8) is 0 Å². The Hall–Kier alpha value is -1.49. The second-order valence-corrected chi connectivity index (χ2v) is 8.35. The van der Waals surface area contributed by atoms with Crippen LogP contribution in [0.15, 0.2) is 59.5 Å². The van der Waals surface area contributed by atoms with Crippen molar-refractivity contribution >= 4 is 17.4 Å². The number of rotatable bonds is 9. The second kappa shape index (κ2) is 10.7. The summed E-state index contributed by atoms with van der Waals surface area (Å²) in [6, 6.07) is 18.8. The fourth-order valence-corrected chi connectivity index (χ4v) is 4.56. The van der Waals surface area contributed by atoms with Gasteiger partial charge in [0.25, 0.3) is 0 Å². The topological polar surface area (TPSA) is 26.7 Å². The Morgan fingerprint density at radius 1 is 0.963 bits per heavy atom. The summed E-state index contributed by atoms with van der Waals surface area (Å²) in [4.78, 5) is 6.49. The number of hydrogen-bond acceptors (Lipinski definition) is 4. The van der Waals surface area contributed by atoms with Gasteiger partial charge in [0, 0.05) is 31.1 Å². The SMILES string of the molecule is CCCSc1ccccc1N1CCN(CCCC(O)c2ccccc2)CC1. The molecule has 1 fully saturated rings. The minimum Gasteiger partial charge on any atom is -0.388 e. The zero-order chi connectivity index (χ0) is 18.9. The van der Waals surface area contributed by atoms with Gasteiger partial charge in [-0.1, -0.05) is 49.4 Å². The fourth-order valence-electron chi connectivity index (χ4n) is 3.61. The van der Waals surface area contributed by atoms with E-state index in [1.807, 2.05) is 42.1 Å². The van der Waals surface area contributed by atoms with Crippen LogP contribution in [0.5, 0.6) is 0 Å². The first-order chi connectivity index (χ1) is 13.3. The highest BCUT2D eigenvalue weighted by Crippen LogP contribution is 2.31. The van der Waals surface area contributed by atoms with E-state index in [1.165, 1.54) is 22.8 Å². The van der Waals surface area contributed by atoms with E-state index in [1.54, 1.807) is 0 Å². The summed E-state index contributed by atoms with van der Waals surface area (Å²) < 4.78 is 0. The Bertz CT molecular complexity index is 671. The number of para-hydroxylation sites is 1. The second-order valence-electron chi connectivity index (χ2n) is 7.21. The van der Waals surface area contributed by atoms with Crippen molar-refractivity contribution in [2.45, 2.75) is 37.2 Å². The third kappa shape index (κ3) is 6.00. The summed E-state index contributed by atoms with van der Waals surface area (Å²) in [5, 5.41) is 10.3. The molecule has 1 atom stereocenters. The number of anilines is 1. The molecule has 0 spiro atoms. The maximum atomic E-state index is 10.3. The molecule has 1 aliphatic rings. The Kier molecular flexibility index (Phi) is 8.06. The summed E-state index contributed by atoms with van der Waals surface area (Å²) in [6.07, 6.45) is 2.75. The van der Waals surface area contributed by atoms with E-state index in [9.17, 15) is 5.11 Å². The van der Waals surface area contributed by atoms with E-state index in [0.717, 1.165) is 51.1 Å². The van der Waals surface area contributed by atoms with Crippen LogP contribution in [0.25, 0.3) is 0 Å². The van der Waals surface area contributed by atoms with Gasteiger partial charge in [0.2, 0.25) is 0 Å². The standard InChI is InChI=1S/C23H32N2OS/c1-2-19-27-23-13-7-6-11-21(23)25-17-15-24(16-18-25)14-8-12-22(26)20-9-4-3-5-10-20/h3-7,9-11,13,22,26H,2,8,12,14-19H2,1H3. The zero-order valence-electron chi connectivity index (χ0n) is 16.4. The third-order valence-electron chi connectivity index (χ3n) is 5.18. The van der Waals surface area contributed by atoms with Gasteiger partial charge in [0.05, 0.1) is 11.8 Å². The molecular weight excluding hydrogens is 352 g/mol. The number of piperazine rings is 1. The fraction of sp³-hybridized carbons (Fsp3) is 0.478. The minimum absolute atomic E-state index is 0.338. The van der Waals surface area contributed by atoms with Gasteiger partial charge in [-0.3, -0.25) is 4.90 Å². The molecule has 3 nitrogen and oxygen atoms in total. The molecule has 0 amide bonds. The quantitative estimate of drug-likeness (QED) is 0.627. The van der Waals surface area contributed by atoms with Crippen molar-refractivity contribution in [1.82, 2.24) is 4.90 Å². The number of aliphatic hydroxyl groups excluding tert-OH is 1. The molecule has 2 aromatic rings. The van der Waals surface area contributed by atoms with Gasteiger partial charge in [-0.15, -0.1) is 11.8 Å². The van der Waals surface area contributed by atoms with E-state index < -0.39 is 0 Å². The molecular formula is C23H32N2OS. The van der Waals surface area contributed by atoms with E-state index >= 15 is 0 Å². The molecule has 0 aromatic heterocycles. The molecule has 27 heavy (non-hydrogen) atoms. The molecule has 1 unspecified atom stereocenters. The van der Waals surface area contributed by atoms with Crippen LogP contribution < -0.4 is 4.90 Å². The zero-order valence-corrected chi connectivity index (χ0v) is 17.2. The van der Waals surface area contributed by atoms with Crippen molar-refractivity contribution in [1.29, 1.82) is 0 Å². The largest absolute Gasteiger partial charge is 0.388 e. The highest BCUT2D eigenvalue weighted by Gasteiger charge is 2.19. The first-order valence-corrected chi connectivity index (χ1v) is 11.2. The van der Waals surface area contributed by atoms with Crippen molar-refractivity contribution in [3.8, 4) is 0 Å². The van der Waals surface area contributed by atoms with Crippen molar-refractivity contribution in [2.75, 3.05) is 43.4 Å². The molecule has 1 aliphatic heterocycles. The Morgan fingerprint density at radius 2 is 1.67 bits per heavy atom. The molecule has 1 heterocycles. The van der Waals surface area contributed by atoms with Crippen LogP contribution in [0.2, 0.25) is 0 Å². The monoisotopic (exact) mass is 384 g/mol. The number of benzene rings is 2. The lowest BCUT2D eigenvalue weighted by molar-refractivity contribution is 0.154. The van der Waals surface area contributed by atoms with Crippen LogP contribution in [0.1, 0.15) is 37.9 Å². The van der Waals surface area contributed by atoms with Gasteiger partial charge in [0.1, 0.15) is 0 Å². The maximum Gasteiger partial charge on any atom is 0.0790 e. The summed E-state index contributed by atoms with van der Waals surface area (Å²) in [5.41, 5.74) is 2.43. The van der Waals surface area contributed by atoms with Crippen LogP contribution in [0.4, 0.5) is 5.69 Å². The Morgan fingerprint density at radius 3 is 2.41 bits per heavy atom. The lowest BCUT2D eigenvalue weighted by Crippen LogP contribution is -2.46. The van der Waals surface area contributed by atoms with Gasteiger partial charge < -0.3 is 10.0 Å². The summed E-state index contributed by atoms with van der Waals surface area (Å²) in [5.74, 6) is 1.18. The van der Waals surface area contributed by atoms with Gasteiger partial charge in [-0.25, -0.2) is 0 Å². The van der Waals surface area contributed by atoms with E-state index in [2.05, 4.69) is 41.0 Å². The van der Waals surface area contributed by atoms with Crippen LogP contribution in [0.3, 0.4) is 0 Å². The molecule has 0 radical (unpaired) electrons. The molecule has 2 aromatic carbocycles. The van der Waals surface area contributed by atoms with E-state index in [0.29, 0.717) is 0 Å². The van der Waals surface area contributed by atoms with Crippen LogP contribution >= 0.6 is 11.8 Å². The van der Waals surface area contributed by atoms with Gasteiger partial charge in [-0.05, 0) is 49.3 Å². The number of nitrogens with zero attached hydrogens (tertiary/aromatic N) is 2. The van der Waals surface area contributed by atoms with Gasteiger partial charge >= 0.3 is 0 Å². The molecule has 0 aliphatic carbocycles. The lowest BCUT2D eigenvalue weighted by atomic mass is 10.0. The highest BCUT2D eigenvalue weighted by molar-refractivity contribution is 7.99. The molecule has 4 heteroatoms.